The summed E-state index contributed by atoms with van der Waals surface area (Å²) in [5.74, 6) is -0.00646. The van der Waals surface area contributed by atoms with Crippen molar-refractivity contribution >= 4 is 29.2 Å². The average Bonchev–Trinajstić information content (AvgIpc) is 2.58. The standard InChI is InChI=1S/C18H19Cl2NO4/c1-11(18(22)23)21-9-13-7-15(20)17(16(8-13)24-2)25-10-12-4-3-5-14(19)6-12/h3-8,11,21H,9-10H2,1-2H3,(H,22,23). The zero-order chi connectivity index (χ0) is 18.4. The van der Waals surface area contributed by atoms with Gasteiger partial charge in [-0.15, -0.1) is 0 Å². The van der Waals surface area contributed by atoms with E-state index in [0.717, 1.165) is 11.1 Å². The van der Waals surface area contributed by atoms with Crippen molar-refractivity contribution in [2.75, 3.05) is 7.11 Å². The summed E-state index contributed by atoms with van der Waals surface area (Å²) in [5, 5.41) is 12.8. The predicted molar refractivity (Wildman–Crippen MR) is 97.7 cm³/mol. The number of ether oxygens (including phenoxy) is 2. The molecule has 0 aliphatic heterocycles. The summed E-state index contributed by atoms with van der Waals surface area (Å²) in [4.78, 5) is 10.9. The molecule has 0 radical (unpaired) electrons. The largest absolute Gasteiger partial charge is 0.493 e. The van der Waals surface area contributed by atoms with Crippen LogP contribution in [0.1, 0.15) is 18.1 Å². The molecule has 0 saturated heterocycles. The molecule has 5 nitrogen and oxygen atoms in total. The lowest BCUT2D eigenvalue weighted by atomic mass is 10.2. The topological polar surface area (TPSA) is 67.8 Å². The van der Waals surface area contributed by atoms with E-state index >= 15 is 0 Å². The van der Waals surface area contributed by atoms with Crippen molar-refractivity contribution in [1.82, 2.24) is 5.32 Å². The minimum atomic E-state index is -0.917. The summed E-state index contributed by atoms with van der Waals surface area (Å²) in [6.45, 7) is 2.21. The number of carbonyl (C=O) groups is 1. The van der Waals surface area contributed by atoms with Crippen LogP contribution in [0.3, 0.4) is 0 Å². The molecule has 0 heterocycles. The molecule has 0 saturated carbocycles. The first-order valence-electron chi connectivity index (χ1n) is 7.60. The monoisotopic (exact) mass is 383 g/mol. The molecule has 2 rings (SSSR count). The molecule has 1 atom stereocenters. The molecule has 134 valence electrons. The fraction of sp³-hybridized carbons (Fsp3) is 0.278. The van der Waals surface area contributed by atoms with Crippen LogP contribution in [-0.4, -0.2) is 24.2 Å². The van der Waals surface area contributed by atoms with Crippen LogP contribution in [-0.2, 0) is 17.9 Å². The van der Waals surface area contributed by atoms with E-state index in [1.165, 1.54) is 7.11 Å². The number of hydrogen-bond acceptors (Lipinski definition) is 4. The van der Waals surface area contributed by atoms with Gasteiger partial charge in [0.05, 0.1) is 12.1 Å². The molecule has 2 aromatic rings. The summed E-state index contributed by atoms with van der Waals surface area (Å²) >= 11 is 12.3. The quantitative estimate of drug-likeness (QED) is 0.716. The van der Waals surface area contributed by atoms with Crippen LogP contribution < -0.4 is 14.8 Å². The van der Waals surface area contributed by atoms with E-state index in [-0.39, 0.29) is 0 Å². The second-order valence-electron chi connectivity index (χ2n) is 5.47. The lowest BCUT2D eigenvalue weighted by molar-refractivity contribution is -0.139. The van der Waals surface area contributed by atoms with Gasteiger partial charge in [-0.05, 0) is 42.3 Å². The van der Waals surface area contributed by atoms with E-state index in [9.17, 15) is 4.79 Å². The van der Waals surface area contributed by atoms with Gasteiger partial charge in [0.2, 0.25) is 0 Å². The molecule has 7 heteroatoms. The Morgan fingerprint density at radius 3 is 2.64 bits per heavy atom. The predicted octanol–water partition coefficient (Wildman–Crippen LogP) is 4.14. The first-order valence-corrected chi connectivity index (χ1v) is 8.36. The van der Waals surface area contributed by atoms with Crippen molar-refractivity contribution in [1.29, 1.82) is 0 Å². The molecule has 0 fully saturated rings. The fourth-order valence-electron chi connectivity index (χ4n) is 2.16. The van der Waals surface area contributed by atoms with Gasteiger partial charge in [0.15, 0.2) is 11.5 Å². The minimum Gasteiger partial charge on any atom is -0.493 e. The molecule has 0 amide bonds. The molecule has 0 aliphatic rings. The number of rotatable bonds is 8. The molecule has 2 N–H and O–H groups in total. The Hall–Kier alpha value is -1.95. The second-order valence-corrected chi connectivity index (χ2v) is 6.31. The number of carboxylic acid groups (broad SMARTS) is 1. The SMILES string of the molecule is COc1cc(CNC(C)C(=O)O)cc(Cl)c1OCc1cccc(Cl)c1. The van der Waals surface area contributed by atoms with Crippen molar-refractivity contribution in [3.05, 3.63) is 57.6 Å². The molecule has 0 aromatic heterocycles. The Kier molecular flexibility index (Phi) is 6.93. The normalized spacial score (nSPS) is 11.8. The number of aliphatic carboxylic acids is 1. The van der Waals surface area contributed by atoms with Gasteiger partial charge in [0, 0.05) is 11.6 Å². The van der Waals surface area contributed by atoms with Crippen LogP contribution in [0.2, 0.25) is 10.0 Å². The van der Waals surface area contributed by atoms with Crippen molar-refractivity contribution < 1.29 is 19.4 Å². The van der Waals surface area contributed by atoms with Crippen LogP contribution in [0.25, 0.3) is 0 Å². The Balaban J connectivity index is 2.12. The summed E-state index contributed by atoms with van der Waals surface area (Å²) in [6.07, 6.45) is 0. The summed E-state index contributed by atoms with van der Waals surface area (Å²) in [7, 11) is 1.52. The van der Waals surface area contributed by atoms with E-state index in [4.69, 9.17) is 37.8 Å². The van der Waals surface area contributed by atoms with E-state index in [2.05, 4.69) is 5.32 Å². The van der Waals surface area contributed by atoms with E-state index < -0.39 is 12.0 Å². The number of halogens is 2. The molecule has 0 spiro atoms. The Morgan fingerprint density at radius 2 is 2.00 bits per heavy atom. The highest BCUT2D eigenvalue weighted by Crippen LogP contribution is 2.37. The van der Waals surface area contributed by atoms with Crippen molar-refractivity contribution in [2.24, 2.45) is 0 Å². The minimum absolute atomic E-state index is 0.296. The number of carboxylic acids is 1. The summed E-state index contributed by atoms with van der Waals surface area (Å²) in [5.41, 5.74) is 1.71. The van der Waals surface area contributed by atoms with Gasteiger partial charge in [0.25, 0.3) is 0 Å². The van der Waals surface area contributed by atoms with Crippen molar-refractivity contribution in [3.63, 3.8) is 0 Å². The maximum Gasteiger partial charge on any atom is 0.320 e. The molecule has 1 unspecified atom stereocenters. The molecule has 2 aromatic carbocycles. The number of nitrogens with one attached hydrogen (secondary N) is 1. The highest BCUT2D eigenvalue weighted by atomic mass is 35.5. The van der Waals surface area contributed by atoms with Crippen LogP contribution in [0.5, 0.6) is 11.5 Å². The Morgan fingerprint density at radius 1 is 1.24 bits per heavy atom. The third kappa shape index (κ3) is 5.53. The molecule has 25 heavy (non-hydrogen) atoms. The number of hydrogen-bond donors (Lipinski definition) is 2. The van der Waals surface area contributed by atoms with E-state index in [1.54, 1.807) is 25.1 Å². The third-order valence-corrected chi connectivity index (χ3v) is 4.06. The Bertz CT molecular complexity index is 752. The lowest BCUT2D eigenvalue weighted by Gasteiger charge is -2.15. The zero-order valence-electron chi connectivity index (χ0n) is 13.9. The molecule has 0 bridgehead atoms. The first-order chi connectivity index (χ1) is 11.9. The number of benzene rings is 2. The van der Waals surface area contributed by atoms with E-state index in [1.807, 2.05) is 18.2 Å². The number of methoxy groups -OCH3 is 1. The van der Waals surface area contributed by atoms with Crippen molar-refractivity contribution in [3.8, 4) is 11.5 Å². The fourth-order valence-corrected chi connectivity index (χ4v) is 2.66. The maximum absolute atomic E-state index is 10.9. The molecular weight excluding hydrogens is 365 g/mol. The van der Waals surface area contributed by atoms with Gasteiger partial charge in [-0.2, -0.15) is 0 Å². The van der Waals surface area contributed by atoms with Crippen LogP contribution in [0.15, 0.2) is 36.4 Å². The maximum atomic E-state index is 10.9. The van der Waals surface area contributed by atoms with Crippen LogP contribution in [0, 0.1) is 0 Å². The average molecular weight is 384 g/mol. The van der Waals surface area contributed by atoms with Gasteiger partial charge in [-0.1, -0.05) is 35.3 Å². The van der Waals surface area contributed by atoms with Gasteiger partial charge in [-0.3, -0.25) is 4.79 Å². The third-order valence-electron chi connectivity index (χ3n) is 3.54. The second kappa shape index (κ2) is 8.94. The molecular formula is C18H19Cl2NO4. The summed E-state index contributed by atoms with van der Waals surface area (Å²) < 4.78 is 11.1. The van der Waals surface area contributed by atoms with Gasteiger partial charge >= 0.3 is 5.97 Å². The smallest absolute Gasteiger partial charge is 0.320 e. The van der Waals surface area contributed by atoms with Crippen molar-refractivity contribution in [2.45, 2.75) is 26.1 Å². The van der Waals surface area contributed by atoms with E-state index in [0.29, 0.717) is 34.7 Å². The molecule has 0 aliphatic carbocycles. The van der Waals surface area contributed by atoms with Gasteiger partial charge in [-0.25, -0.2) is 0 Å². The van der Waals surface area contributed by atoms with Crippen LogP contribution in [0.4, 0.5) is 0 Å². The first kappa shape index (κ1) is 19.4. The lowest BCUT2D eigenvalue weighted by Crippen LogP contribution is -2.33. The van der Waals surface area contributed by atoms with Gasteiger partial charge in [0.1, 0.15) is 12.6 Å². The zero-order valence-corrected chi connectivity index (χ0v) is 15.4. The Labute approximate surface area is 156 Å². The van der Waals surface area contributed by atoms with Crippen LogP contribution >= 0.6 is 23.2 Å². The van der Waals surface area contributed by atoms with Gasteiger partial charge < -0.3 is 19.9 Å². The highest BCUT2D eigenvalue weighted by molar-refractivity contribution is 6.32. The summed E-state index contributed by atoms with van der Waals surface area (Å²) in [6, 6.07) is 10.2. The highest BCUT2D eigenvalue weighted by Gasteiger charge is 2.14.